The van der Waals surface area contributed by atoms with E-state index in [1.807, 2.05) is 31.2 Å². The summed E-state index contributed by atoms with van der Waals surface area (Å²) >= 11 is 0. The van der Waals surface area contributed by atoms with Gasteiger partial charge in [-0.1, -0.05) is 19.1 Å². The molecule has 2 aromatic rings. The lowest BCUT2D eigenvalue weighted by atomic mass is 9.91. The molecule has 3 rings (SSSR count). The maximum Gasteiger partial charge on any atom is 0.321 e. The van der Waals surface area contributed by atoms with Crippen molar-refractivity contribution in [3.63, 3.8) is 0 Å². The number of carbonyl (C=O) groups is 2. The maximum atomic E-state index is 12.5. The van der Waals surface area contributed by atoms with E-state index in [1.165, 1.54) is 0 Å². The Kier molecular flexibility index (Phi) is 6.03. The molecular formula is C21H24N2O5. The number of urea groups is 1. The molecule has 0 aliphatic carbocycles. The molecule has 2 atom stereocenters. The molecule has 1 aliphatic rings. The van der Waals surface area contributed by atoms with Crippen molar-refractivity contribution in [2.24, 2.45) is 11.8 Å². The number of methoxy groups -OCH3 is 1. The SMILES string of the molecule is COc1ccccc1Oc1ccc(NC(=O)N2CC(C)CC(C(=O)O)C2)cc1. The molecule has 1 fully saturated rings. The predicted octanol–water partition coefficient (Wildman–Crippen LogP) is 4.06. The fraction of sp³-hybridized carbons (Fsp3) is 0.333. The first kappa shape index (κ1) is 19.5. The van der Waals surface area contributed by atoms with Gasteiger partial charge in [0.05, 0.1) is 13.0 Å². The number of carboxylic acid groups (broad SMARTS) is 1. The fourth-order valence-corrected chi connectivity index (χ4v) is 3.34. The molecule has 1 aliphatic heterocycles. The van der Waals surface area contributed by atoms with E-state index in [0.717, 1.165) is 0 Å². The van der Waals surface area contributed by atoms with Crippen LogP contribution in [0.5, 0.6) is 17.2 Å². The third-order valence-corrected chi connectivity index (χ3v) is 4.70. The van der Waals surface area contributed by atoms with E-state index < -0.39 is 11.9 Å². The predicted molar refractivity (Wildman–Crippen MR) is 105 cm³/mol. The highest BCUT2D eigenvalue weighted by Gasteiger charge is 2.31. The zero-order valence-corrected chi connectivity index (χ0v) is 15.9. The average Bonchev–Trinajstić information content (AvgIpc) is 2.69. The van der Waals surface area contributed by atoms with Gasteiger partial charge in [-0.3, -0.25) is 4.79 Å². The summed E-state index contributed by atoms with van der Waals surface area (Å²) in [4.78, 5) is 25.4. The minimum atomic E-state index is -0.859. The number of hydrogen-bond donors (Lipinski definition) is 2. The first-order valence-corrected chi connectivity index (χ1v) is 9.16. The van der Waals surface area contributed by atoms with Gasteiger partial charge in [0, 0.05) is 18.8 Å². The summed E-state index contributed by atoms with van der Waals surface area (Å²) in [6.45, 7) is 2.73. The molecule has 7 nitrogen and oxygen atoms in total. The van der Waals surface area contributed by atoms with Crippen molar-refractivity contribution >= 4 is 17.7 Å². The van der Waals surface area contributed by atoms with Crippen molar-refractivity contribution in [2.75, 3.05) is 25.5 Å². The molecule has 1 saturated heterocycles. The number of para-hydroxylation sites is 2. The lowest BCUT2D eigenvalue weighted by molar-refractivity contribution is -0.143. The third-order valence-electron chi connectivity index (χ3n) is 4.70. The van der Waals surface area contributed by atoms with Gasteiger partial charge in [0.15, 0.2) is 11.5 Å². The van der Waals surface area contributed by atoms with Crippen LogP contribution in [0.3, 0.4) is 0 Å². The van der Waals surface area contributed by atoms with E-state index >= 15 is 0 Å². The Morgan fingerprint density at radius 3 is 2.39 bits per heavy atom. The summed E-state index contributed by atoms with van der Waals surface area (Å²) in [7, 11) is 1.58. The van der Waals surface area contributed by atoms with Crippen LogP contribution < -0.4 is 14.8 Å². The van der Waals surface area contributed by atoms with Crippen LogP contribution >= 0.6 is 0 Å². The largest absolute Gasteiger partial charge is 0.493 e. The number of piperidine rings is 1. The first-order valence-electron chi connectivity index (χ1n) is 9.16. The van der Waals surface area contributed by atoms with E-state index in [1.54, 1.807) is 36.3 Å². The van der Waals surface area contributed by atoms with Crippen LogP contribution in [0, 0.1) is 11.8 Å². The number of likely N-dealkylation sites (tertiary alicyclic amines) is 1. The summed E-state index contributed by atoms with van der Waals surface area (Å²) in [5, 5.41) is 12.1. The van der Waals surface area contributed by atoms with Gasteiger partial charge in [-0.05, 0) is 48.7 Å². The Morgan fingerprint density at radius 1 is 1.07 bits per heavy atom. The topological polar surface area (TPSA) is 88.1 Å². The number of aliphatic carboxylic acids is 1. The summed E-state index contributed by atoms with van der Waals surface area (Å²) in [6, 6.07) is 14.0. The molecular weight excluding hydrogens is 360 g/mol. The average molecular weight is 384 g/mol. The highest BCUT2D eigenvalue weighted by atomic mass is 16.5. The van der Waals surface area contributed by atoms with Crippen molar-refractivity contribution in [3.8, 4) is 17.2 Å². The maximum absolute atomic E-state index is 12.5. The minimum absolute atomic E-state index is 0.150. The number of benzene rings is 2. The number of ether oxygens (including phenoxy) is 2. The number of amides is 2. The minimum Gasteiger partial charge on any atom is -0.493 e. The van der Waals surface area contributed by atoms with Crippen molar-refractivity contribution in [3.05, 3.63) is 48.5 Å². The number of rotatable bonds is 5. The molecule has 0 aromatic heterocycles. The Bertz CT molecular complexity index is 837. The number of nitrogens with zero attached hydrogens (tertiary/aromatic N) is 1. The van der Waals surface area contributed by atoms with E-state index in [4.69, 9.17) is 9.47 Å². The van der Waals surface area contributed by atoms with Crippen LogP contribution in [-0.2, 0) is 4.79 Å². The number of carboxylic acids is 1. The van der Waals surface area contributed by atoms with Gasteiger partial charge in [0.2, 0.25) is 0 Å². The highest BCUT2D eigenvalue weighted by molar-refractivity contribution is 5.89. The molecule has 1 heterocycles. The molecule has 0 saturated carbocycles. The van der Waals surface area contributed by atoms with Gasteiger partial charge < -0.3 is 24.8 Å². The van der Waals surface area contributed by atoms with Crippen LogP contribution in [0.4, 0.5) is 10.5 Å². The normalized spacial score (nSPS) is 19.0. The molecule has 2 amide bonds. The second-order valence-corrected chi connectivity index (χ2v) is 6.99. The van der Waals surface area contributed by atoms with Crippen LogP contribution in [0.25, 0.3) is 0 Å². The van der Waals surface area contributed by atoms with Crippen LogP contribution in [0.15, 0.2) is 48.5 Å². The number of carbonyl (C=O) groups excluding carboxylic acids is 1. The highest BCUT2D eigenvalue weighted by Crippen LogP contribution is 2.31. The van der Waals surface area contributed by atoms with Gasteiger partial charge in [-0.25, -0.2) is 4.79 Å². The zero-order valence-electron chi connectivity index (χ0n) is 15.9. The monoisotopic (exact) mass is 384 g/mol. The Hall–Kier alpha value is -3.22. The zero-order chi connectivity index (χ0) is 20.1. The van der Waals surface area contributed by atoms with Crippen molar-refractivity contribution in [1.82, 2.24) is 4.90 Å². The van der Waals surface area contributed by atoms with Crippen LogP contribution in [0.2, 0.25) is 0 Å². The molecule has 7 heteroatoms. The first-order chi connectivity index (χ1) is 13.5. The lowest BCUT2D eigenvalue weighted by Gasteiger charge is -2.34. The van der Waals surface area contributed by atoms with E-state index in [2.05, 4.69) is 5.32 Å². The molecule has 28 heavy (non-hydrogen) atoms. The van der Waals surface area contributed by atoms with E-state index in [9.17, 15) is 14.7 Å². The summed E-state index contributed by atoms with van der Waals surface area (Å²) in [5.41, 5.74) is 0.613. The van der Waals surface area contributed by atoms with Gasteiger partial charge in [-0.15, -0.1) is 0 Å². The van der Waals surface area contributed by atoms with Gasteiger partial charge in [0.25, 0.3) is 0 Å². The molecule has 2 unspecified atom stereocenters. The molecule has 2 aromatic carbocycles. The van der Waals surface area contributed by atoms with Gasteiger partial charge in [0.1, 0.15) is 5.75 Å². The van der Waals surface area contributed by atoms with Crippen molar-refractivity contribution in [1.29, 1.82) is 0 Å². The van der Waals surface area contributed by atoms with Gasteiger partial charge >= 0.3 is 12.0 Å². The standard InChI is InChI=1S/C21H24N2O5/c1-14-11-15(20(24)25)13-23(12-14)21(26)22-16-7-9-17(10-8-16)28-19-6-4-3-5-18(19)27-2/h3-10,14-15H,11-13H2,1-2H3,(H,22,26)(H,24,25). The third kappa shape index (κ3) is 4.73. The second-order valence-electron chi connectivity index (χ2n) is 6.99. The molecule has 2 N–H and O–H groups in total. The van der Waals surface area contributed by atoms with Crippen molar-refractivity contribution in [2.45, 2.75) is 13.3 Å². The molecule has 0 radical (unpaired) electrons. The summed E-state index contributed by atoms with van der Waals surface area (Å²) in [6.07, 6.45) is 0.591. The van der Waals surface area contributed by atoms with Crippen molar-refractivity contribution < 1.29 is 24.2 Å². The van der Waals surface area contributed by atoms with E-state index in [0.29, 0.717) is 35.9 Å². The Labute approximate surface area is 163 Å². The molecule has 0 bridgehead atoms. The number of hydrogen-bond acceptors (Lipinski definition) is 4. The quantitative estimate of drug-likeness (QED) is 0.812. The molecule has 148 valence electrons. The number of anilines is 1. The van der Waals surface area contributed by atoms with Gasteiger partial charge in [-0.2, -0.15) is 0 Å². The summed E-state index contributed by atoms with van der Waals surface area (Å²) in [5.74, 6) is 0.612. The Balaban J connectivity index is 1.62. The number of nitrogens with one attached hydrogen (secondary N) is 1. The summed E-state index contributed by atoms with van der Waals surface area (Å²) < 4.78 is 11.1. The molecule has 0 spiro atoms. The lowest BCUT2D eigenvalue weighted by Crippen LogP contribution is -2.47. The van der Waals surface area contributed by atoms with E-state index in [-0.39, 0.29) is 18.5 Å². The smallest absolute Gasteiger partial charge is 0.321 e. The van der Waals surface area contributed by atoms with Crippen LogP contribution in [0.1, 0.15) is 13.3 Å². The van der Waals surface area contributed by atoms with Crippen LogP contribution in [-0.4, -0.2) is 42.2 Å². The Morgan fingerprint density at radius 2 is 1.75 bits per heavy atom. The fourth-order valence-electron chi connectivity index (χ4n) is 3.34. The second kappa shape index (κ2) is 8.65.